The third-order valence-electron chi connectivity index (χ3n) is 4.24. The number of rotatable bonds is 5. The molecule has 0 bridgehead atoms. The highest BCUT2D eigenvalue weighted by Crippen LogP contribution is 2.22. The molecule has 1 aromatic heterocycles. The second-order valence-electron chi connectivity index (χ2n) is 6.54. The number of aromatic nitrogens is 2. The number of nitrogens with zero attached hydrogens (tertiary/aromatic N) is 3. The van der Waals surface area contributed by atoms with Gasteiger partial charge >= 0.3 is 0 Å². The Morgan fingerprint density at radius 2 is 2.21 bits per heavy atom. The predicted octanol–water partition coefficient (Wildman–Crippen LogP) is 0.836. The van der Waals surface area contributed by atoms with Gasteiger partial charge in [-0.05, 0) is 25.7 Å². The summed E-state index contributed by atoms with van der Waals surface area (Å²) in [5.41, 5.74) is 6.73. The molecule has 1 aliphatic rings. The summed E-state index contributed by atoms with van der Waals surface area (Å²) in [4.78, 5) is 35.4. The Morgan fingerprint density at radius 3 is 2.88 bits per heavy atom. The van der Waals surface area contributed by atoms with Crippen LogP contribution in [0, 0.1) is 12.8 Å². The summed E-state index contributed by atoms with van der Waals surface area (Å²) in [6.45, 7) is 7.81. The molecule has 1 fully saturated rings. The molecule has 0 aliphatic carbocycles. The van der Waals surface area contributed by atoms with E-state index in [9.17, 15) is 9.59 Å². The van der Waals surface area contributed by atoms with Crippen molar-refractivity contribution in [1.29, 1.82) is 0 Å². The molecule has 132 valence electrons. The molecule has 2 heterocycles. The van der Waals surface area contributed by atoms with Gasteiger partial charge in [-0.1, -0.05) is 13.8 Å². The normalized spacial score (nSPS) is 17.9. The number of nitrogens with one attached hydrogen (secondary N) is 1. The average molecular weight is 333 g/mol. The molecule has 0 saturated carbocycles. The molecule has 7 nitrogen and oxygen atoms in total. The zero-order chi connectivity index (χ0) is 17.7. The number of hydrogen-bond donors (Lipinski definition) is 2. The second-order valence-corrected chi connectivity index (χ2v) is 6.54. The molecule has 24 heavy (non-hydrogen) atoms. The summed E-state index contributed by atoms with van der Waals surface area (Å²) >= 11 is 0. The van der Waals surface area contributed by atoms with Crippen molar-refractivity contribution in [3.05, 3.63) is 23.3 Å². The molecule has 0 spiro atoms. The van der Waals surface area contributed by atoms with Crippen LogP contribution in [-0.4, -0.2) is 52.9 Å². The number of amides is 2. The lowest BCUT2D eigenvalue weighted by molar-refractivity contribution is -0.126. The largest absolute Gasteiger partial charge is 0.355 e. The SMILES string of the molecule is Cc1ncc(C(=O)N2CCCC(C(=O)NCCN)C2)c(C(C)C)n1. The van der Waals surface area contributed by atoms with Crippen molar-refractivity contribution in [2.45, 2.75) is 39.5 Å². The first kappa shape index (κ1) is 18.3. The molecule has 2 amide bonds. The van der Waals surface area contributed by atoms with Crippen molar-refractivity contribution < 1.29 is 9.59 Å². The quantitative estimate of drug-likeness (QED) is 0.831. The molecule has 0 aromatic carbocycles. The minimum atomic E-state index is -0.178. The zero-order valence-corrected chi connectivity index (χ0v) is 14.7. The van der Waals surface area contributed by atoms with Gasteiger partial charge in [-0.2, -0.15) is 0 Å². The van der Waals surface area contributed by atoms with E-state index in [2.05, 4.69) is 15.3 Å². The highest BCUT2D eigenvalue weighted by molar-refractivity contribution is 5.95. The van der Waals surface area contributed by atoms with Crippen LogP contribution in [-0.2, 0) is 4.79 Å². The molecular weight excluding hydrogens is 306 g/mol. The Labute approximate surface area is 143 Å². The number of carbonyl (C=O) groups excluding carboxylic acids is 2. The van der Waals surface area contributed by atoms with Crippen molar-refractivity contribution in [3.8, 4) is 0 Å². The maximum atomic E-state index is 12.9. The molecular formula is C17H27N5O2. The molecule has 3 N–H and O–H groups in total. The van der Waals surface area contributed by atoms with E-state index in [-0.39, 0.29) is 23.7 Å². The molecule has 0 radical (unpaired) electrons. The number of hydrogen-bond acceptors (Lipinski definition) is 5. The highest BCUT2D eigenvalue weighted by atomic mass is 16.2. The summed E-state index contributed by atoms with van der Waals surface area (Å²) < 4.78 is 0. The van der Waals surface area contributed by atoms with E-state index in [4.69, 9.17) is 5.73 Å². The van der Waals surface area contributed by atoms with E-state index < -0.39 is 0 Å². The van der Waals surface area contributed by atoms with Gasteiger partial charge in [0.2, 0.25) is 5.91 Å². The molecule has 1 atom stereocenters. The highest BCUT2D eigenvalue weighted by Gasteiger charge is 2.30. The second kappa shape index (κ2) is 8.19. The maximum absolute atomic E-state index is 12.9. The van der Waals surface area contributed by atoms with Crippen LogP contribution >= 0.6 is 0 Å². The lowest BCUT2D eigenvalue weighted by Crippen LogP contribution is -2.46. The Balaban J connectivity index is 2.13. The lowest BCUT2D eigenvalue weighted by Gasteiger charge is -2.32. The molecule has 1 aliphatic heterocycles. The van der Waals surface area contributed by atoms with Gasteiger partial charge in [0.15, 0.2) is 0 Å². The van der Waals surface area contributed by atoms with E-state index in [0.29, 0.717) is 37.6 Å². The van der Waals surface area contributed by atoms with Gasteiger partial charge in [-0.15, -0.1) is 0 Å². The zero-order valence-electron chi connectivity index (χ0n) is 14.7. The van der Waals surface area contributed by atoms with E-state index >= 15 is 0 Å². The van der Waals surface area contributed by atoms with Crippen molar-refractivity contribution in [1.82, 2.24) is 20.2 Å². The van der Waals surface area contributed by atoms with Crippen LogP contribution in [0.1, 0.15) is 54.5 Å². The van der Waals surface area contributed by atoms with Gasteiger partial charge in [0.1, 0.15) is 5.82 Å². The summed E-state index contributed by atoms with van der Waals surface area (Å²) in [5, 5.41) is 2.81. The number of nitrogens with two attached hydrogens (primary N) is 1. The first-order valence-corrected chi connectivity index (χ1v) is 8.54. The molecule has 2 rings (SSSR count). The molecule has 7 heteroatoms. The van der Waals surface area contributed by atoms with Crippen molar-refractivity contribution in [2.75, 3.05) is 26.2 Å². The first-order valence-electron chi connectivity index (χ1n) is 8.54. The smallest absolute Gasteiger partial charge is 0.257 e. The van der Waals surface area contributed by atoms with Crippen LogP contribution in [0.5, 0.6) is 0 Å². The lowest BCUT2D eigenvalue weighted by atomic mass is 9.95. The fourth-order valence-corrected chi connectivity index (χ4v) is 2.98. The van der Waals surface area contributed by atoms with Gasteiger partial charge in [-0.3, -0.25) is 9.59 Å². The first-order chi connectivity index (χ1) is 11.4. The van der Waals surface area contributed by atoms with Crippen LogP contribution < -0.4 is 11.1 Å². The summed E-state index contributed by atoms with van der Waals surface area (Å²) in [6.07, 6.45) is 3.22. The Hall–Kier alpha value is -2.02. The summed E-state index contributed by atoms with van der Waals surface area (Å²) in [7, 11) is 0. The van der Waals surface area contributed by atoms with E-state index in [1.807, 2.05) is 20.8 Å². The van der Waals surface area contributed by atoms with Crippen LogP contribution in [0.25, 0.3) is 0 Å². The van der Waals surface area contributed by atoms with Gasteiger partial charge in [0.25, 0.3) is 5.91 Å². The van der Waals surface area contributed by atoms with Crippen LogP contribution in [0.3, 0.4) is 0 Å². The monoisotopic (exact) mass is 333 g/mol. The molecule has 1 unspecified atom stereocenters. The maximum Gasteiger partial charge on any atom is 0.257 e. The Kier molecular flexibility index (Phi) is 6.25. The third-order valence-corrected chi connectivity index (χ3v) is 4.24. The Bertz CT molecular complexity index is 603. The Morgan fingerprint density at radius 1 is 1.46 bits per heavy atom. The third kappa shape index (κ3) is 4.29. The fraction of sp³-hybridized carbons (Fsp3) is 0.647. The topological polar surface area (TPSA) is 101 Å². The van der Waals surface area contributed by atoms with Crippen LogP contribution in [0.4, 0.5) is 0 Å². The van der Waals surface area contributed by atoms with Gasteiger partial charge in [0.05, 0.1) is 17.2 Å². The van der Waals surface area contributed by atoms with Gasteiger partial charge in [-0.25, -0.2) is 9.97 Å². The standard InChI is InChI=1S/C17H27N5O2/c1-11(2)15-14(9-20-12(3)21-15)17(24)22-8-4-5-13(10-22)16(23)19-7-6-18/h9,11,13H,4-8,10,18H2,1-3H3,(H,19,23). The number of likely N-dealkylation sites (tertiary alicyclic amines) is 1. The molecule has 1 aromatic rings. The van der Waals surface area contributed by atoms with Crippen molar-refractivity contribution in [2.24, 2.45) is 11.7 Å². The van der Waals surface area contributed by atoms with E-state index in [1.54, 1.807) is 11.1 Å². The number of aryl methyl sites for hydroxylation is 1. The summed E-state index contributed by atoms with van der Waals surface area (Å²) in [6, 6.07) is 0. The predicted molar refractivity (Wildman–Crippen MR) is 91.5 cm³/mol. The van der Waals surface area contributed by atoms with Crippen LogP contribution in [0.15, 0.2) is 6.20 Å². The van der Waals surface area contributed by atoms with E-state index in [0.717, 1.165) is 18.5 Å². The minimum absolute atomic E-state index is 0.0258. The van der Waals surface area contributed by atoms with Gasteiger partial charge in [0, 0.05) is 32.4 Å². The van der Waals surface area contributed by atoms with Gasteiger partial charge < -0.3 is 16.0 Å². The van der Waals surface area contributed by atoms with E-state index in [1.165, 1.54) is 0 Å². The average Bonchev–Trinajstić information content (AvgIpc) is 2.59. The number of piperidine rings is 1. The van der Waals surface area contributed by atoms with Crippen molar-refractivity contribution in [3.63, 3.8) is 0 Å². The van der Waals surface area contributed by atoms with Crippen LogP contribution in [0.2, 0.25) is 0 Å². The fourth-order valence-electron chi connectivity index (χ4n) is 2.98. The number of carbonyl (C=O) groups is 2. The van der Waals surface area contributed by atoms with Crippen molar-refractivity contribution >= 4 is 11.8 Å². The molecule has 1 saturated heterocycles. The summed E-state index contributed by atoms with van der Waals surface area (Å²) in [5.74, 6) is 0.507. The minimum Gasteiger partial charge on any atom is -0.355 e.